The maximum atomic E-state index is 5.59. The average molecular weight is 199 g/mol. The molecule has 3 heteroatoms. The second kappa shape index (κ2) is 4.09. The number of hydrogen-bond donors (Lipinski definition) is 1. The predicted octanol–water partition coefficient (Wildman–Crippen LogP) is 1.96. The fraction of sp³-hybridized carbons (Fsp3) is 0.167. The number of aryl methyl sites for hydroxylation is 1. The highest BCUT2D eigenvalue weighted by Gasteiger charge is 1.98. The first-order valence-electron chi connectivity index (χ1n) is 4.86. The summed E-state index contributed by atoms with van der Waals surface area (Å²) in [5.41, 5.74) is 9.05. The van der Waals surface area contributed by atoms with Gasteiger partial charge in [-0.3, -0.25) is 0 Å². The Morgan fingerprint density at radius 1 is 1.20 bits per heavy atom. The molecule has 15 heavy (non-hydrogen) atoms. The van der Waals surface area contributed by atoms with Gasteiger partial charge >= 0.3 is 0 Å². The highest BCUT2D eigenvalue weighted by atomic mass is 14.9. The molecular weight excluding hydrogens is 186 g/mol. The van der Waals surface area contributed by atoms with Crippen molar-refractivity contribution in [3.8, 4) is 0 Å². The van der Waals surface area contributed by atoms with Crippen LogP contribution in [-0.4, -0.2) is 9.97 Å². The van der Waals surface area contributed by atoms with Crippen LogP contribution in [0, 0.1) is 6.92 Å². The standard InChI is InChI=1S/C12H13N3/c1-9-3-2-4-10(5-9)6-11-7-12(13)15-8-14-11/h2-5,7-8H,6H2,1H3,(H2,13,14,15). The van der Waals surface area contributed by atoms with Gasteiger partial charge < -0.3 is 5.73 Å². The quantitative estimate of drug-likeness (QED) is 0.804. The molecule has 1 heterocycles. The lowest BCUT2D eigenvalue weighted by Crippen LogP contribution is -1.97. The van der Waals surface area contributed by atoms with Gasteiger partial charge in [0.2, 0.25) is 0 Å². The van der Waals surface area contributed by atoms with Crippen LogP contribution in [0.25, 0.3) is 0 Å². The van der Waals surface area contributed by atoms with E-state index in [0.717, 1.165) is 12.1 Å². The van der Waals surface area contributed by atoms with Crippen LogP contribution in [0.2, 0.25) is 0 Å². The number of nitrogens with zero attached hydrogens (tertiary/aromatic N) is 2. The lowest BCUT2D eigenvalue weighted by Gasteiger charge is -2.02. The number of rotatable bonds is 2. The number of hydrogen-bond acceptors (Lipinski definition) is 3. The second-order valence-electron chi connectivity index (χ2n) is 3.60. The van der Waals surface area contributed by atoms with Crippen LogP contribution in [0.1, 0.15) is 16.8 Å². The summed E-state index contributed by atoms with van der Waals surface area (Å²) in [5.74, 6) is 0.521. The van der Waals surface area contributed by atoms with E-state index in [1.54, 1.807) is 0 Å². The molecule has 0 aliphatic heterocycles. The van der Waals surface area contributed by atoms with E-state index >= 15 is 0 Å². The van der Waals surface area contributed by atoms with E-state index in [0.29, 0.717) is 5.82 Å². The molecule has 0 atom stereocenters. The molecule has 0 unspecified atom stereocenters. The first-order valence-corrected chi connectivity index (χ1v) is 4.86. The zero-order valence-electron chi connectivity index (χ0n) is 8.64. The van der Waals surface area contributed by atoms with Gasteiger partial charge in [0.05, 0.1) is 5.69 Å². The third-order valence-electron chi connectivity index (χ3n) is 2.21. The van der Waals surface area contributed by atoms with E-state index in [4.69, 9.17) is 5.73 Å². The van der Waals surface area contributed by atoms with Gasteiger partial charge in [-0.15, -0.1) is 0 Å². The minimum Gasteiger partial charge on any atom is -0.384 e. The lowest BCUT2D eigenvalue weighted by atomic mass is 10.1. The fourth-order valence-corrected chi connectivity index (χ4v) is 1.54. The minimum absolute atomic E-state index is 0.521. The highest BCUT2D eigenvalue weighted by Crippen LogP contribution is 2.10. The first kappa shape index (κ1) is 9.65. The fourth-order valence-electron chi connectivity index (χ4n) is 1.54. The van der Waals surface area contributed by atoms with Crippen LogP contribution in [0.4, 0.5) is 5.82 Å². The van der Waals surface area contributed by atoms with Crippen molar-refractivity contribution in [3.05, 3.63) is 53.5 Å². The molecule has 2 rings (SSSR count). The Kier molecular flexibility index (Phi) is 2.63. The molecule has 0 radical (unpaired) electrons. The van der Waals surface area contributed by atoms with Gasteiger partial charge in [0, 0.05) is 12.5 Å². The van der Waals surface area contributed by atoms with E-state index in [1.807, 2.05) is 6.07 Å². The Bertz CT molecular complexity index is 422. The number of benzene rings is 1. The lowest BCUT2D eigenvalue weighted by molar-refractivity contribution is 1.03. The molecule has 2 aromatic rings. The number of nitrogen functional groups attached to an aromatic ring is 1. The maximum absolute atomic E-state index is 5.59. The minimum atomic E-state index is 0.521. The summed E-state index contributed by atoms with van der Waals surface area (Å²) in [4.78, 5) is 8.04. The third kappa shape index (κ3) is 2.53. The van der Waals surface area contributed by atoms with Gasteiger partial charge in [-0.05, 0) is 12.5 Å². The molecule has 0 spiro atoms. The molecule has 1 aromatic carbocycles. The van der Waals surface area contributed by atoms with Gasteiger partial charge in [-0.25, -0.2) is 9.97 Å². The molecule has 0 bridgehead atoms. The summed E-state index contributed by atoms with van der Waals surface area (Å²) < 4.78 is 0. The monoisotopic (exact) mass is 199 g/mol. The molecule has 0 saturated heterocycles. The maximum Gasteiger partial charge on any atom is 0.127 e. The molecule has 76 valence electrons. The largest absolute Gasteiger partial charge is 0.384 e. The summed E-state index contributed by atoms with van der Waals surface area (Å²) in [5, 5.41) is 0. The summed E-state index contributed by atoms with van der Waals surface area (Å²) in [6.07, 6.45) is 2.30. The van der Waals surface area contributed by atoms with E-state index in [-0.39, 0.29) is 0 Å². The van der Waals surface area contributed by atoms with E-state index in [9.17, 15) is 0 Å². The van der Waals surface area contributed by atoms with Gasteiger partial charge in [0.15, 0.2) is 0 Å². The van der Waals surface area contributed by atoms with Crippen molar-refractivity contribution in [3.63, 3.8) is 0 Å². The van der Waals surface area contributed by atoms with Crippen molar-refractivity contribution < 1.29 is 0 Å². The van der Waals surface area contributed by atoms with Crippen molar-refractivity contribution in [1.82, 2.24) is 9.97 Å². The van der Waals surface area contributed by atoms with Gasteiger partial charge in [0.25, 0.3) is 0 Å². The first-order chi connectivity index (χ1) is 7.24. The SMILES string of the molecule is Cc1cccc(Cc2cc(N)ncn2)c1. The Hall–Kier alpha value is -1.90. The van der Waals surface area contributed by atoms with Crippen molar-refractivity contribution in [1.29, 1.82) is 0 Å². The smallest absolute Gasteiger partial charge is 0.127 e. The molecule has 0 saturated carbocycles. The zero-order chi connectivity index (χ0) is 10.7. The Morgan fingerprint density at radius 3 is 2.80 bits per heavy atom. The number of nitrogens with two attached hydrogens (primary N) is 1. The molecule has 0 amide bonds. The van der Waals surface area contributed by atoms with Crippen LogP contribution in [0.5, 0.6) is 0 Å². The van der Waals surface area contributed by atoms with E-state index in [2.05, 4.69) is 41.2 Å². The summed E-state index contributed by atoms with van der Waals surface area (Å²) in [6.45, 7) is 2.08. The molecule has 0 aliphatic carbocycles. The molecule has 0 fully saturated rings. The van der Waals surface area contributed by atoms with Gasteiger partial charge in [0.1, 0.15) is 12.1 Å². The van der Waals surface area contributed by atoms with E-state index in [1.165, 1.54) is 17.5 Å². The molecule has 2 N–H and O–H groups in total. The zero-order valence-corrected chi connectivity index (χ0v) is 8.64. The normalized spacial score (nSPS) is 10.2. The molecule has 3 nitrogen and oxygen atoms in total. The average Bonchev–Trinajstić information content (AvgIpc) is 2.17. The molecular formula is C12H13N3. The Labute approximate surface area is 89.0 Å². The number of anilines is 1. The summed E-state index contributed by atoms with van der Waals surface area (Å²) in [6, 6.07) is 10.2. The summed E-state index contributed by atoms with van der Waals surface area (Å²) in [7, 11) is 0. The number of aromatic nitrogens is 2. The molecule has 1 aromatic heterocycles. The highest BCUT2D eigenvalue weighted by molar-refractivity contribution is 5.32. The van der Waals surface area contributed by atoms with E-state index < -0.39 is 0 Å². The second-order valence-corrected chi connectivity index (χ2v) is 3.60. The van der Waals surface area contributed by atoms with Crippen LogP contribution < -0.4 is 5.73 Å². The van der Waals surface area contributed by atoms with Gasteiger partial charge in [-0.1, -0.05) is 29.8 Å². The Balaban J connectivity index is 2.22. The van der Waals surface area contributed by atoms with Crippen LogP contribution in [0.3, 0.4) is 0 Å². The van der Waals surface area contributed by atoms with Crippen molar-refractivity contribution in [2.24, 2.45) is 0 Å². The van der Waals surface area contributed by atoms with Crippen molar-refractivity contribution in [2.45, 2.75) is 13.3 Å². The van der Waals surface area contributed by atoms with Gasteiger partial charge in [-0.2, -0.15) is 0 Å². The third-order valence-corrected chi connectivity index (χ3v) is 2.21. The molecule has 0 aliphatic rings. The predicted molar refractivity (Wildman–Crippen MR) is 60.4 cm³/mol. The van der Waals surface area contributed by atoms with Crippen molar-refractivity contribution in [2.75, 3.05) is 5.73 Å². The topological polar surface area (TPSA) is 51.8 Å². The van der Waals surface area contributed by atoms with Crippen molar-refractivity contribution >= 4 is 5.82 Å². The van der Waals surface area contributed by atoms with Crippen LogP contribution in [-0.2, 0) is 6.42 Å². The van der Waals surface area contributed by atoms with Crippen LogP contribution >= 0.6 is 0 Å². The Morgan fingerprint density at radius 2 is 2.07 bits per heavy atom. The van der Waals surface area contributed by atoms with Crippen LogP contribution in [0.15, 0.2) is 36.7 Å². The summed E-state index contributed by atoms with van der Waals surface area (Å²) >= 11 is 0.